The standard InChI is InChI=1S/C16H22N2O4/c1-17-13(16(20)14-10-18-7-8-21-14)9-15(19)22-11-12-5-3-2-4-6-12/h2-6,13-14,17-18H,7-11H2,1H3. The topological polar surface area (TPSA) is 76.7 Å². The monoisotopic (exact) mass is 306 g/mol. The van der Waals surface area contributed by atoms with Crippen LogP contribution in [0.4, 0.5) is 0 Å². The number of benzene rings is 1. The number of ketones is 1. The molecule has 1 aromatic carbocycles. The smallest absolute Gasteiger partial charge is 0.308 e. The van der Waals surface area contributed by atoms with E-state index in [1.165, 1.54) is 0 Å². The van der Waals surface area contributed by atoms with Gasteiger partial charge in [0, 0.05) is 13.1 Å². The van der Waals surface area contributed by atoms with Gasteiger partial charge in [0.05, 0.1) is 19.1 Å². The van der Waals surface area contributed by atoms with E-state index in [0.29, 0.717) is 13.2 Å². The van der Waals surface area contributed by atoms with E-state index in [-0.39, 0.29) is 18.8 Å². The zero-order valence-corrected chi connectivity index (χ0v) is 12.7. The van der Waals surface area contributed by atoms with Crippen molar-refractivity contribution in [2.45, 2.75) is 25.2 Å². The molecule has 0 aromatic heterocycles. The number of nitrogens with one attached hydrogen (secondary N) is 2. The zero-order valence-electron chi connectivity index (χ0n) is 12.7. The lowest BCUT2D eigenvalue weighted by molar-refractivity contribution is -0.148. The maximum absolute atomic E-state index is 12.3. The van der Waals surface area contributed by atoms with Crippen LogP contribution in [0.25, 0.3) is 0 Å². The van der Waals surface area contributed by atoms with E-state index in [1.807, 2.05) is 30.3 Å². The third kappa shape index (κ3) is 4.91. The van der Waals surface area contributed by atoms with Crippen molar-refractivity contribution in [2.75, 3.05) is 26.7 Å². The summed E-state index contributed by atoms with van der Waals surface area (Å²) in [5.41, 5.74) is 0.919. The molecule has 0 amide bonds. The first-order valence-corrected chi connectivity index (χ1v) is 7.43. The number of morpholine rings is 1. The maximum Gasteiger partial charge on any atom is 0.308 e. The first-order valence-electron chi connectivity index (χ1n) is 7.43. The third-order valence-corrected chi connectivity index (χ3v) is 3.55. The first kappa shape index (κ1) is 16.6. The van der Waals surface area contributed by atoms with Crippen LogP contribution >= 0.6 is 0 Å². The van der Waals surface area contributed by atoms with Crippen LogP contribution in [0, 0.1) is 0 Å². The number of hydrogen-bond acceptors (Lipinski definition) is 6. The minimum absolute atomic E-state index is 0.00201. The van der Waals surface area contributed by atoms with Crippen molar-refractivity contribution in [3.63, 3.8) is 0 Å². The molecule has 0 radical (unpaired) electrons. The molecule has 2 N–H and O–H groups in total. The Morgan fingerprint density at radius 3 is 2.82 bits per heavy atom. The quantitative estimate of drug-likeness (QED) is 0.704. The number of rotatable bonds is 7. The molecule has 0 saturated carbocycles. The van der Waals surface area contributed by atoms with E-state index >= 15 is 0 Å². The Morgan fingerprint density at radius 1 is 1.41 bits per heavy atom. The molecular formula is C16H22N2O4. The minimum atomic E-state index is -0.590. The fourth-order valence-electron chi connectivity index (χ4n) is 2.28. The summed E-state index contributed by atoms with van der Waals surface area (Å²) in [4.78, 5) is 24.2. The molecule has 6 nitrogen and oxygen atoms in total. The number of likely N-dealkylation sites (N-methyl/N-ethyl adjacent to an activating group) is 1. The molecule has 6 heteroatoms. The fourth-order valence-corrected chi connectivity index (χ4v) is 2.28. The second-order valence-electron chi connectivity index (χ2n) is 5.16. The number of esters is 1. The van der Waals surface area contributed by atoms with E-state index in [4.69, 9.17) is 9.47 Å². The van der Waals surface area contributed by atoms with Crippen LogP contribution in [-0.2, 0) is 25.7 Å². The molecule has 1 aliphatic heterocycles. The predicted molar refractivity (Wildman–Crippen MR) is 81.3 cm³/mol. The molecule has 1 fully saturated rings. The van der Waals surface area contributed by atoms with Crippen molar-refractivity contribution in [3.8, 4) is 0 Å². The Hall–Kier alpha value is -1.76. The Labute approximate surface area is 130 Å². The van der Waals surface area contributed by atoms with Gasteiger partial charge in [-0.3, -0.25) is 9.59 Å². The molecule has 1 heterocycles. The van der Waals surface area contributed by atoms with E-state index in [0.717, 1.165) is 12.1 Å². The average molecular weight is 306 g/mol. The van der Waals surface area contributed by atoms with E-state index in [9.17, 15) is 9.59 Å². The maximum atomic E-state index is 12.3. The Kier molecular flexibility index (Phi) is 6.51. The van der Waals surface area contributed by atoms with Gasteiger partial charge in [0.25, 0.3) is 0 Å². The zero-order chi connectivity index (χ0) is 15.8. The summed E-state index contributed by atoms with van der Waals surface area (Å²) in [6, 6.07) is 8.85. The van der Waals surface area contributed by atoms with Crippen LogP contribution in [-0.4, -0.2) is 50.6 Å². The van der Waals surface area contributed by atoms with Gasteiger partial charge in [-0.05, 0) is 12.6 Å². The minimum Gasteiger partial charge on any atom is -0.461 e. The number of hydrogen-bond donors (Lipinski definition) is 2. The first-order chi connectivity index (χ1) is 10.7. The van der Waals surface area contributed by atoms with Gasteiger partial charge in [-0.2, -0.15) is 0 Å². The SMILES string of the molecule is CNC(CC(=O)OCc1ccccc1)C(=O)C1CNCCO1. The van der Waals surface area contributed by atoms with Crippen molar-refractivity contribution in [2.24, 2.45) is 0 Å². The van der Waals surface area contributed by atoms with Crippen molar-refractivity contribution < 1.29 is 19.1 Å². The van der Waals surface area contributed by atoms with E-state index in [2.05, 4.69) is 10.6 Å². The number of carbonyl (C=O) groups excluding carboxylic acids is 2. The summed E-state index contributed by atoms with van der Waals surface area (Å²) in [6.45, 7) is 1.94. The molecule has 22 heavy (non-hydrogen) atoms. The van der Waals surface area contributed by atoms with Gasteiger partial charge in [-0.15, -0.1) is 0 Å². The van der Waals surface area contributed by atoms with Gasteiger partial charge < -0.3 is 20.1 Å². The van der Waals surface area contributed by atoms with E-state index in [1.54, 1.807) is 7.05 Å². The van der Waals surface area contributed by atoms with Crippen molar-refractivity contribution in [1.82, 2.24) is 10.6 Å². The van der Waals surface area contributed by atoms with Crippen LogP contribution in [0.3, 0.4) is 0 Å². The summed E-state index contributed by atoms with van der Waals surface area (Å²) >= 11 is 0. The largest absolute Gasteiger partial charge is 0.461 e. The van der Waals surface area contributed by atoms with Crippen molar-refractivity contribution in [3.05, 3.63) is 35.9 Å². The molecule has 1 saturated heterocycles. The molecule has 1 aliphatic rings. The normalized spacial score (nSPS) is 19.4. The molecule has 0 spiro atoms. The Morgan fingerprint density at radius 2 is 2.18 bits per heavy atom. The average Bonchev–Trinajstić information content (AvgIpc) is 2.59. The molecule has 1 aromatic rings. The highest BCUT2D eigenvalue weighted by Crippen LogP contribution is 2.07. The summed E-state index contributed by atoms with van der Waals surface area (Å²) < 4.78 is 10.6. The van der Waals surface area contributed by atoms with E-state index < -0.39 is 18.1 Å². The van der Waals surface area contributed by atoms with Gasteiger partial charge in [0.15, 0.2) is 5.78 Å². The van der Waals surface area contributed by atoms with Crippen LogP contribution in [0.5, 0.6) is 0 Å². The van der Waals surface area contributed by atoms with Crippen LogP contribution < -0.4 is 10.6 Å². The molecular weight excluding hydrogens is 284 g/mol. The van der Waals surface area contributed by atoms with Gasteiger partial charge in [0.2, 0.25) is 0 Å². The van der Waals surface area contributed by atoms with Crippen LogP contribution in [0.1, 0.15) is 12.0 Å². The molecule has 120 valence electrons. The Bertz CT molecular complexity index is 486. The van der Waals surface area contributed by atoms with Gasteiger partial charge in [-0.25, -0.2) is 0 Å². The molecule has 0 aliphatic carbocycles. The summed E-state index contributed by atoms with van der Waals surface area (Å²) in [5.74, 6) is -0.522. The molecule has 2 atom stereocenters. The highest BCUT2D eigenvalue weighted by molar-refractivity contribution is 5.91. The van der Waals surface area contributed by atoms with Crippen LogP contribution in [0.15, 0.2) is 30.3 Å². The van der Waals surface area contributed by atoms with Crippen LogP contribution in [0.2, 0.25) is 0 Å². The number of ether oxygens (including phenoxy) is 2. The lowest BCUT2D eigenvalue weighted by Crippen LogP contribution is -2.50. The summed E-state index contributed by atoms with van der Waals surface area (Å²) in [5, 5.41) is 5.97. The lowest BCUT2D eigenvalue weighted by Gasteiger charge is -2.25. The summed E-state index contributed by atoms with van der Waals surface area (Å²) in [6.07, 6.45) is -0.504. The molecule has 2 rings (SSSR count). The van der Waals surface area contributed by atoms with Gasteiger partial charge >= 0.3 is 5.97 Å². The van der Waals surface area contributed by atoms with Crippen molar-refractivity contribution >= 4 is 11.8 Å². The van der Waals surface area contributed by atoms with Gasteiger partial charge in [-0.1, -0.05) is 30.3 Å². The summed E-state index contributed by atoms with van der Waals surface area (Å²) in [7, 11) is 1.66. The van der Waals surface area contributed by atoms with Crippen molar-refractivity contribution in [1.29, 1.82) is 0 Å². The molecule has 0 bridgehead atoms. The lowest BCUT2D eigenvalue weighted by atomic mass is 10.0. The van der Waals surface area contributed by atoms with Gasteiger partial charge in [0.1, 0.15) is 12.7 Å². The number of Topliss-reactive ketones (excluding diaryl/α,β-unsaturated/α-hetero) is 1. The number of carbonyl (C=O) groups is 2. The Balaban J connectivity index is 1.81. The highest BCUT2D eigenvalue weighted by Gasteiger charge is 2.30. The highest BCUT2D eigenvalue weighted by atomic mass is 16.5. The third-order valence-electron chi connectivity index (χ3n) is 3.55. The second-order valence-corrected chi connectivity index (χ2v) is 5.16. The molecule has 2 unspecified atom stereocenters. The fraction of sp³-hybridized carbons (Fsp3) is 0.500. The predicted octanol–water partition coefficient (Wildman–Crippen LogP) is 0.265. The second kappa shape index (κ2) is 8.63.